The Morgan fingerprint density at radius 3 is 2.57 bits per heavy atom. The standard InChI is InChI=1S/C11H22N2O/c1-8-6-9(8)7-13-10(14)4-5-11(2,3)12/h8-9H,4-7,12H2,1-3H3,(H,13,14). The molecule has 1 aliphatic carbocycles. The van der Waals surface area contributed by atoms with E-state index in [9.17, 15) is 4.79 Å². The van der Waals surface area contributed by atoms with Crippen LogP contribution in [0.2, 0.25) is 0 Å². The second kappa shape index (κ2) is 4.30. The lowest BCUT2D eigenvalue weighted by Gasteiger charge is -2.17. The maximum absolute atomic E-state index is 11.4. The molecular weight excluding hydrogens is 176 g/mol. The summed E-state index contributed by atoms with van der Waals surface area (Å²) in [5, 5.41) is 2.95. The molecule has 1 saturated carbocycles. The van der Waals surface area contributed by atoms with E-state index < -0.39 is 0 Å². The average Bonchev–Trinajstić information content (AvgIpc) is 2.73. The second-order valence-electron chi connectivity index (χ2n) is 5.27. The van der Waals surface area contributed by atoms with Crippen LogP contribution < -0.4 is 11.1 Å². The van der Waals surface area contributed by atoms with E-state index in [-0.39, 0.29) is 11.4 Å². The highest BCUT2D eigenvalue weighted by molar-refractivity contribution is 5.75. The Bertz CT molecular complexity index is 208. The summed E-state index contributed by atoms with van der Waals surface area (Å²) in [6, 6.07) is 0. The number of nitrogens with one attached hydrogen (secondary N) is 1. The maximum atomic E-state index is 11.4. The van der Waals surface area contributed by atoms with Crippen molar-refractivity contribution in [1.29, 1.82) is 0 Å². The van der Waals surface area contributed by atoms with Crippen molar-refractivity contribution in [2.45, 2.75) is 45.6 Å². The van der Waals surface area contributed by atoms with E-state index in [0.717, 1.165) is 24.8 Å². The van der Waals surface area contributed by atoms with E-state index in [0.29, 0.717) is 6.42 Å². The largest absolute Gasteiger partial charge is 0.356 e. The molecular formula is C11H22N2O. The molecule has 0 aliphatic heterocycles. The van der Waals surface area contributed by atoms with Crippen molar-refractivity contribution in [2.75, 3.05) is 6.54 Å². The number of hydrogen-bond acceptors (Lipinski definition) is 2. The molecule has 0 aromatic carbocycles. The van der Waals surface area contributed by atoms with Crippen LogP contribution in [-0.4, -0.2) is 18.0 Å². The topological polar surface area (TPSA) is 55.1 Å². The fourth-order valence-corrected chi connectivity index (χ4v) is 1.45. The smallest absolute Gasteiger partial charge is 0.220 e. The summed E-state index contributed by atoms with van der Waals surface area (Å²) in [4.78, 5) is 11.4. The minimum absolute atomic E-state index is 0.141. The predicted molar refractivity (Wildman–Crippen MR) is 57.8 cm³/mol. The number of rotatable bonds is 5. The summed E-state index contributed by atoms with van der Waals surface area (Å²) in [6.07, 6.45) is 2.56. The van der Waals surface area contributed by atoms with Gasteiger partial charge in [0, 0.05) is 18.5 Å². The molecule has 2 atom stereocenters. The fourth-order valence-electron chi connectivity index (χ4n) is 1.45. The molecule has 2 unspecified atom stereocenters. The summed E-state index contributed by atoms with van der Waals surface area (Å²) in [6.45, 7) is 6.97. The Hall–Kier alpha value is -0.570. The van der Waals surface area contributed by atoms with Gasteiger partial charge in [-0.25, -0.2) is 0 Å². The highest BCUT2D eigenvalue weighted by atomic mass is 16.1. The van der Waals surface area contributed by atoms with Gasteiger partial charge in [-0.3, -0.25) is 4.79 Å². The van der Waals surface area contributed by atoms with Gasteiger partial charge in [0.2, 0.25) is 5.91 Å². The van der Waals surface area contributed by atoms with Gasteiger partial charge in [-0.1, -0.05) is 6.92 Å². The molecule has 0 heterocycles. The molecule has 14 heavy (non-hydrogen) atoms. The van der Waals surface area contributed by atoms with E-state index in [4.69, 9.17) is 5.73 Å². The zero-order chi connectivity index (χ0) is 10.8. The Balaban J connectivity index is 2.04. The van der Waals surface area contributed by atoms with Crippen molar-refractivity contribution < 1.29 is 4.79 Å². The minimum Gasteiger partial charge on any atom is -0.356 e. The van der Waals surface area contributed by atoms with Crippen molar-refractivity contribution in [3.05, 3.63) is 0 Å². The van der Waals surface area contributed by atoms with Crippen LogP contribution in [0, 0.1) is 11.8 Å². The van der Waals surface area contributed by atoms with E-state index >= 15 is 0 Å². The van der Waals surface area contributed by atoms with Crippen LogP contribution in [0.1, 0.15) is 40.0 Å². The van der Waals surface area contributed by atoms with E-state index in [2.05, 4.69) is 12.2 Å². The highest BCUT2D eigenvalue weighted by Gasteiger charge is 2.32. The molecule has 0 radical (unpaired) electrons. The SMILES string of the molecule is CC1CC1CNC(=O)CCC(C)(C)N. The van der Waals surface area contributed by atoms with Crippen molar-refractivity contribution >= 4 is 5.91 Å². The third-order valence-electron chi connectivity index (χ3n) is 2.83. The lowest BCUT2D eigenvalue weighted by Crippen LogP contribution is -2.34. The van der Waals surface area contributed by atoms with Crippen molar-refractivity contribution in [3.8, 4) is 0 Å². The molecule has 3 nitrogen and oxygen atoms in total. The first kappa shape index (κ1) is 11.5. The van der Waals surface area contributed by atoms with Gasteiger partial charge in [0.1, 0.15) is 0 Å². The van der Waals surface area contributed by atoms with Crippen LogP contribution in [0.3, 0.4) is 0 Å². The van der Waals surface area contributed by atoms with E-state index in [1.165, 1.54) is 6.42 Å². The Kier molecular flexibility index (Phi) is 3.53. The monoisotopic (exact) mass is 198 g/mol. The molecule has 0 spiro atoms. The van der Waals surface area contributed by atoms with Crippen molar-refractivity contribution in [3.63, 3.8) is 0 Å². The Morgan fingerprint density at radius 2 is 2.14 bits per heavy atom. The Morgan fingerprint density at radius 1 is 1.57 bits per heavy atom. The van der Waals surface area contributed by atoms with Crippen molar-refractivity contribution in [1.82, 2.24) is 5.32 Å². The van der Waals surface area contributed by atoms with Gasteiger partial charge < -0.3 is 11.1 Å². The molecule has 0 bridgehead atoms. The Labute approximate surface area is 86.4 Å². The zero-order valence-corrected chi connectivity index (χ0v) is 9.47. The fraction of sp³-hybridized carbons (Fsp3) is 0.909. The van der Waals surface area contributed by atoms with Crippen molar-refractivity contribution in [2.24, 2.45) is 17.6 Å². The lowest BCUT2D eigenvalue weighted by atomic mass is 10.00. The first-order valence-corrected chi connectivity index (χ1v) is 5.44. The molecule has 3 heteroatoms. The normalized spacial score (nSPS) is 26.0. The number of carbonyl (C=O) groups excluding carboxylic acids is 1. The molecule has 1 fully saturated rings. The molecule has 3 N–H and O–H groups in total. The lowest BCUT2D eigenvalue weighted by molar-refractivity contribution is -0.121. The summed E-state index contributed by atoms with van der Waals surface area (Å²) >= 11 is 0. The van der Waals surface area contributed by atoms with E-state index in [1.807, 2.05) is 13.8 Å². The first-order valence-electron chi connectivity index (χ1n) is 5.44. The number of amides is 1. The molecule has 0 saturated heterocycles. The van der Waals surface area contributed by atoms with Crippen LogP contribution in [0.15, 0.2) is 0 Å². The highest BCUT2D eigenvalue weighted by Crippen LogP contribution is 2.36. The van der Waals surface area contributed by atoms with Gasteiger partial charge in [0.15, 0.2) is 0 Å². The third kappa shape index (κ3) is 4.61. The summed E-state index contributed by atoms with van der Waals surface area (Å²) in [5.74, 6) is 1.67. The van der Waals surface area contributed by atoms with Gasteiger partial charge >= 0.3 is 0 Å². The minimum atomic E-state index is -0.232. The zero-order valence-electron chi connectivity index (χ0n) is 9.47. The molecule has 82 valence electrons. The molecule has 0 aromatic heterocycles. The number of nitrogens with two attached hydrogens (primary N) is 1. The second-order valence-corrected chi connectivity index (χ2v) is 5.27. The van der Waals surface area contributed by atoms with Crippen LogP contribution >= 0.6 is 0 Å². The van der Waals surface area contributed by atoms with Crippen LogP contribution in [0.5, 0.6) is 0 Å². The average molecular weight is 198 g/mol. The maximum Gasteiger partial charge on any atom is 0.220 e. The third-order valence-corrected chi connectivity index (χ3v) is 2.83. The van der Waals surface area contributed by atoms with Crippen LogP contribution in [0.25, 0.3) is 0 Å². The van der Waals surface area contributed by atoms with Gasteiger partial charge in [0.05, 0.1) is 0 Å². The van der Waals surface area contributed by atoms with Gasteiger partial charge in [-0.05, 0) is 38.5 Å². The number of hydrogen-bond donors (Lipinski definition) is 2. The quantitative estimate of drug-likeness (QED) is 0.699. The van der Waals surface area contributed by atoms with Gasteiger partial charge in [-0.2, -0.15) is 0 Å². The predicted octanol–water partition coefficient (Wildman–Crippen LogP) is 1.28. The molecule has 0 aromatic rings. The van der Waals surface area contributed by atoms with Gasteiger partial charge in [-0.15, -0.1) is 0 Å². The van der Waals surface area contributed by atoms with Gasteiger partial charge in [0.25, 0.3) is 0 Å². The van der Waals surface area contributed by atoms with Crippen LogP contribution in [0.4, 0.5) is 0 Å². The molecule has 1 rings (SSSR count). The summed E-state index contributed by atoms with van der Waals surface area (Å²) in [5.41, 5.74) is 5.56. The summed E-state index contributed by atoms with van der Waals surface area (Å²) < 4.78 is 0. The first-order chi connectivity index (χ1) is 6.38. The summed E-state index contributed by atoms with van der Waals surface area (Å²) in [7, 11) is 0. The molecule has 1 amide bonds. The van der Waals surface area contributed by atoms with Crippen LogP contribution in [-0.2, 0) is 4.79 Å². The molecule has 1 aliphatic rings. The van der Waals surface area contributed by atoms with E-state index in [1.54, 1.807) is 0 Å². The number of carbonyl (C=O) groups is 1.